The minimum atomic E-state index is 0.0563. The number of rotatable bonds is 5. The molecule has 7 nitrogen and oxygen atoms in total. The fraction of sp³-hybridized carbons (Fsp3) is 0.278. The van der Waals surface area contributed by atoms with Gasteiger partial charge < -0.3 is 14.8 Å². The minimum absolute atomic E-state index is 0.0563. The first-order valence-corrected chi connectivity index (χ1v) is 8.16. The summed E-state index contributed by atoms with van der Waals surface area (Å²) in [7, 11) is 1.89. The van der Waals surface area contributed by atoms with Gasteiger partial charge in [0.1, 0.15) is 17.6 Å². The average molecular weight is 337 g/mol. The summed E-state index contributed by atoms with van der Waals surface area (Å²) < 4.78 is 12.6. The van der Waals surface area contributed by atoms with Crippen LogP contribution in [0.15, 0.2) is 42.7 Å². The van der Waals surface area contributed by atoms with E-state index in [4.69, 9.17) is 14.6 Å². The normalized spacial score (nSPS) is 14.2. The molecule has 3 heterocycles. The summed E-state index contributed by atoms with van der Waals surface area (Å²) in [6.07, 6.45) is 3.54. The number of benzene rings is 1. The van der Waals surface area contributed by atoms with Crippen LogP contribution in [0.5, 0.6) is 6.01 Å². The van der Waals surface area contributed by atoms with E-state index in [-0.39, 0.29) is 6.10 Å². The van der Waals surface area contributed by atoms with Gasteiger partial charge in [0.25, 0.3) is 0 Å². The third-order valence-corrected chi connectivity index (χ3v) is 4.14. The van der Waals surface area contributed by atoms with Gasteiger partial charge in [0, 0.05) is 30.6 Å². The van der Waals surface area contributed by atoms with E-state index >= 15 is 0 Å². The van der Waals surface area contributed by atoms with E-state index in [1.807, 2.05) is 49.0 Å². The summed E-state index contributed by atoms with van der Waals surface area (Å²) in [4.78, 5) is 8.59. The Kier molecular flexibility index (Phi) is 4.07. The molecule has 2 aromatic heterocycles. The molecule has 0 bridgehead atoms. The largest absolute Gasteiger partial charge is 0.455 e. The zero-order valence-corrected chi connectivity index (χ0v) is 14.1. The van der Waals surface area contributed by atoms with Gasteiger partial charge in [-0.05, 0) is 19.1 Å². The van der Waals surface area contributed by atoms with Crippen molar-refractivity contribution in [3.8, 4) is 23.0 Å². The topological polar surface area (TPSA) is 74.1 Å². The van der Waals surface area contributed by atoms with Crippen molar-refractivity contribution < 1.29 is 9.47 Å². The third kappa shape index (κ3) is 2.94. The van der Waals surface area contributed by atoms with Gasteiger partial charge in [0.2, 0.25) is 0 Å². The summed E-state index contributed by atoms with van der Waals surface area (Å²) in [6.45, 7) is 3.22. The first-order chi connectivity index (χ1) is 12.3. The van der Waals surface area contributed by atoms with E-state index < -0.39 is 0 Å². The lowest BCUT2D eigenvalue weighted by atomic mass is 10.1. The van der Waals surface area contributed by atoms with Crippen LogP contribution in [-0.2, 0) is 4.74 Å². The van der Waals surface area contributed by atoms with Gasteiger partial charge in [-0.25, -0.2) is 14.6 Å². The lowest BCUT2D eigenvalue weighted by Crippen LogP contribution is -2.38. The van der Waals surface area contributed by atoms with E-state index in [1.54, 1.807) is 12.4 Å². The van der Waals surface area contributed by atoms with Gasteiger partial charge in [-0.15, -0.1) is 0 Å². The standard InChI is InChI=1S/C18H19N5O2/c1-12-16(13-8-20-18(21-9-13)25-15-10-24-11-15)22-23(17(12)19-2)14-6-4-3-5-7-14/h3-9,15,19H,10-11H2,1-2H3. The molecule has 1 aliphatic heterocycles. The van der Waals surface area contributed by atoms with Crippen molar-refractivity contribution in [1.29, 1.82) is 0 Å². The number of aromatic nitrogens is 4. The van der Waals surface area contributed by atoms with Crippen molar-refractivity contribution in [3.63, 3.8) is 0 Å². The summed E-state index contributed by atoms with van der Waals surface area (Å²) >= 11 is 0. The van der Waals surface area contributed by atoms with Crippen LogP contribution in [0.1, 0.15) is 5.56 Å². The van der Waals surface area contributed by atoms with Gasteiger partial charge in [-0.2, -0.15) is 5.10 Å². The molecule has 0 radical (unpaired) electrons. The van der Waals surface area contributed by atoms with Crippen molar-refractivity contribution >= 4 is 5.82 Å². The molecule has 3 aromatic rings. The molecule has 0 atom stereocenters. The maximum Gasteiger partial charge on any atom is 0.316 e. The van der Waals surface area contributed by atoms with Crippen LogP contribution >= 0.6 is 0 Å². The predicted octanol–water partition coefficient (Wildman–Crippen LogP) is 2.46. The second-order valence-corrected chi connectivity index (χ2v) is 5.85. The maximum atomic E-state index is 5.61. The molecule has 1 fully saturated rings. The Bertz CT molecular complexity index is 857. The lowest BCUT2D eigenvalue weighted by Gasteiger charge is -2.25. The second-order valence-electron chi connectivity index (χ2n) is 5.85. The second kappa shape index (κ2) is 6.52. The lowest BCUT2D eigenvalue weighted by molar-refractivity contribution is -0.0831. The highest BCUT2D eigenvalue weighted by molar-refractivity contribution is 5.69. The van der Waals surface area contributed by atoms with Crippen molar-refractivity contribution in [2.45, 2.75) is 13.0 Å². The van der Waals surface area contributed by atoms with Gasteiger partial charge in [0.05, 0.1) is 18.9 Å². The SMILES string of the molecule is CNc1c(C)c(-c2cnc(OC3COC3)nc2)nn1-c1ccccc1. The van der Waals surface area contributed by atoms with Crippen molar-refractivity contribution in [2.75, 3.05) is 25.6 Å². The predicted molar refractivity (Wildman–Crippen MR) is 94.1 cm³/mol. The first kappa shape index (κ1) is 15.6. The van der Waals surface area contributed by atoms with Gasteiger partial charge in [0.15, 0.2) is 0 Å². The van der Waals surface area contributed by atoms with Crippen LogP contribution < -0.4 is 10.1 Å². The molecule has 7 heteroatoms. The Balaban J connectivity index is 1.67. The fourth-order valence-electron chi connectivity index (χ4n) is 2.75. The molecule has 0 spiro atoms. The number of hydrogen-bond acceptors (Lipinski definition) is 6. The van der Waals surface area contributed by atoms with Crippen LogP contribution in [-0.4, -0.2) is 46.1 Å². The monoisotopic (exact) mass is 337 g/mol. The fourth-order valence-corrected chi connectivity index (χ4v) is 2.75. The average Bonchev–Trinajstić information content (AvgIpc) is 2.96. The summed E-state index contributed by atoms with van der Waals surface area (Å²) in [6, 6.07) is 10.4. The number of nitrogens with zero attached hydrogens (tertiary/aromatic N) is 4. The first-order valence-electron chi connectivity index (χ1n) is 8.16. The van der Waals surface area contributed by atoms with Crippen LogP contribution in [0.2, 0.25) is 0 Å². The third-order valence-electron chi connectivity index (χ3n) is 4.14. The highest BCUT2D eigenvalue weighted by atomic mass is 16.6. The minimum Gasteiger partial charge on any atom is -0.455 e. The quantitative estimate of drug-likeness (QED) is 0.771. The summed E-state index contributed by atoms with van der Waals surface area (Å²) in [5.74, 6) is 0.938. The highest BCUT2D eigenvalue weighted by Crippen LogP contribution is 2.29. The Morgan fingerprint density at radius 1 is 1.16 bits per heavy atom. The van der Waals surface area contributed by atoms with Gasteiger partial charge in [-0.1, -0.05) is 18.2 Å². The zero-order chi connectivity index (χ0) is 17.2. The smallest absolute Gasteiger partial charge is 0.316 e. The molecule has 0 aliphatic carbocycles. The molecular weight excluding hydrogens is 318 g/mol. The molecule has 4 rings (SSSR count). The number of para-hydroxylation sites is 1. The molecule has 0 saturated carbocycles. The van der Waals surface area contributed by atoms with Crippen molar-refractivity contribution in [3.05, 3.63) is 48.3 Å². The van der Waals surface area contributed by atoms with Crippen LogP contribution in [0, 0.1) is 6.92 Å². The molecule has 1 aromatic carbocycles. The molecule has 0 amide bonds. The van der Waals surface area contributed by atoms with Crippen LogP contribution in [0.4, 0.5) is 5.82 Å². The van der Waals surface area contributed by atoms with Gasteiger partial charge >= 0.3 is 6.01 Å². The number of nitrogens with one attached hydrogen (secondary N) is 1. The van der Waals surface area contributed by atoms with Crippen molar-refractivity contribution in [2.24, 2.45) is 0 Å². The number of anilines is 1. The summed E-state index contributed by atoms with van der Waals surface area (Å²) in [5, 5.41) is 7.98. The number of hydrogen-bond donors (Lipinski definition) is 1. The van der Waals surface area contributed by atoms with Gasteiger partial charge in [-0.3, -0.25) is 0 Å². The van der Waals surface area contributed by atoms with E-state index in [0.717, 1.165) is 28.3 Å². The Labute approximate surface area is 145 Å². The molecule has 1 aliphatic rings. The van der Waals surface area contributed by atoms with Crippen LogP contribution in [0.3, 0.4) is 0 Å². The molecule has 128 valence electrons. The molecule has 1 saturated heterocycles. The Hall–Kier alpha value is -2.93. The van der Waals surface area contributed by atoms with E-state index in [0.29, 0.717) is 19.2 Å². The van der Waals surface area contributed by atoms with E-state index in [1.165, 1.54) is 0 Å². The zero-order valence-electron chi connectivity index (χ0n) is 14.1. The molecule has 1 N–H and O–H groups in total. The Morgan fingerprint density at radius 2 is 1.88 bits per heavy atom. The summed E-state index contributed by atoms with van der Waals surface area (Å²) in [5.41, 5.74) is 3.72. The van der Waals surface area contributed by atoms with E-state index in [2.05, 4.69) is 15.3 Å². The van der Waals surface area contributed by atoms with E-state index in [9.17, 15) is 0 Å². The highest BCUT2D eigenvalue weighted by Gasteiger charge is 2.22. The van der Waals surface area contributed by atoms with Crippen LogP contribution in [0.25, 0.3) is 16.9 Å². The maximum absolute atomic E-state index is 5.61. The Morgan fingerprint density at radius 3 is 2.48 bits per heavy atom. The molecule has 25 heavy (non-hydrogen) atoms. The molecular formula is C18H19N5O2. The number of ether oxygens (including phenoxy) is 2. The van der Waals surface area contributed by atoms with Crippen molar-refractivity contribution in [1.82, 2.24) is 19.7 Å². The molecule has 0 unspecified atom stereocenters.